The number of aromatic nitrogens is 1. The summed E-state index contributed by atoms with van der Waals surface area (Å²) < 4.78 is 0.634. The normalized spacial score (nSPS) is 11.9. The van der Waals surface area contributed by atoms with Crippen molar-refractivity contribution < 1.29 is 14.7 Å². The highest BCUT2D eigenvalue weighted by molar-refractivity contribution is 9.10. The van der Waals surface area contributed by atoms with Gasteiger partial charge in [0.2, 0.25) is 5.91 Å². The molecule has 7 heteroatoms. The van der Waals surface area contributed by atoms with Crippen LogP contribution in [0.5, 0.6) is 0 Å². The number of carboxylic acid groups (broad SMARTS) is 1. The van der Waals surface area contributed by atoms with Crippen LogP contribution in [-0.4, -0.2) is 22.0 Å². The molecule has 0 saturated heterocycles. The molecule has 1 aromatic heterocycles. The first kappa shape index (κ1) is 12.9. The van der Waals surface area contributed by atoms with Crippen molar-refractivity contribution in [2.45, 2.75) is 6.92 Å². The maximum absolute atomic E-state index is 11.4. The summed E-state index contributed by atoms with van der Waals surface area (Å²) in [6, 6.07) is 1.54. The minimum atomic E-state index is -1.20. The summed E-state index contributed by atoms with van der Waals surface area (Å²) in [6.45, 7) is 1.29. The molecule has 0 saturated carbocycles. The van der Waals surface area contributed by atoms with E-state index in [1.54, 1.807) is 6.07 Å². The maximum Gasteiger partial charge on any atom is 0.315 e. The third-order valence-corrected chi connectivity index (χ3v) is 2.56. The van der Waals surface area contributed by atoms with Gasteiger partial charge in [-0.2, -0.15) is 0 Å². The number of pyridine rings is 1. The summed E-state index contributed by atoms with van der Waals surface area (Å²) in [6.07, 6.45) is 1.47. The predicted molar refractivity (Wildman–Crippen MR) is 62.4 cm³/mol. The van der Waals surface area contributed by atoms with Crippen molar-refractivity contribution in [1.82, 2.24) is 4.98 Å². The summed E-state index contributed by atoms with van der Waals surface area (Å²) in [7, 11) is 0. The van der Waals surface area contributed by atoms with E-state index in [0.717, 1.165) is 0 Å². The van der Waals surface area contributed by atoms with Gasteiger partial charge in [-0.05, 0) is 28.9 Å². The molecule has 0 aromatic carbocycles. The number of hydrogen-bond acceptors (Lipinski definition) is 3. The summed E-state index contributed by atoms with van der Waals surface area (Å²) in [5, 5.41) is 11.1. The Kier molecular flexibility index (Phi) is 4.26. The first-order valence-electron chi connectivity index (χ1n) is 4.26. The Balaban J connectivity index is 2.84. The van der Waals surface area contributed by atoms with Crippen molar-refractivity contribution in [3.05, 3.63) is 21.9 Å². The van der Waals surface area contributed by atoms with Crippen LogP contribution in [-0.2, 0) is 9.59 Å². The minimum absolute atomic E-state index is 0.106. The Bertz CT molecular complexity index is 439. The molecule has 1 amide bonds. The van der Waals surface area contributed by atoms with E-state index >= 15 is 0 Å². The zero-order chi connectivity index (χ0) is 12.3. The molecule has 0 bridgehead atoms. The summed E-state index contributed by atoms with van der Waals surface area (Å²) >= 11 is 8.89. The molecule has 2 N–H and O–H groups in total. The smallest absolute Gasteiger partial charge is 0.315 e. The van der Waals surface area contributed by atoms with E-state index < -0.39 is 17.8 Å². The Hall–Kier alpha value is -1.14. The number of nitrogens with zero attached hydrogens (tertiary/aromatic N) is 1. The van der Waals surface area contributed by atoms with Gasteiger partial charge in [-0.15, -0.1) is 0 Å². The van der Waals surface area contributed by atoms with E-state index in [-0.39, 0.29) is 10.8 Å². The zero-order valence-electron chi connectivity index (χ0n) is 8.20. The van der Waals surface area contributed by atoms with Crippen LogP contribution in [0, 0.1) is 5.92 Å². The summed E-state index contributed by atoms with van der Waals surface area (Å²) in [5.41, 5.74) is 0.272. The number of carbonyl (C=O) groups is 2. The van der Waals surface area contributed by atoms with Gasteiger partial charge in [0.25, 0.3) is 0 Å². The molecule has 16 heavy (non-hydrogen) atoms. The third kappa shape index (κ3) is 3.18. The van der Waals surface area contributed by atoms with E-state index in [1.165, 1.54) is 13.1 Å². The number of amides is 1. The number of carboxylic acids is 1. The highest BCUT2D eigenvalue weighted by Gasteiger charge is 2.21. The second kappa shape index (κ2) is 5.27. The first-order valence-corrected chi connectivity index (χ1v) is 5.43. The van der Waals surface area contributed by atoms with Crippen LogP contribution in [0.15, 0.2) is 16.7 Å². The van der Waals surface area contributed by atoms with Crippen molar-refractivity contribution in [2.24, 2.45) is 5.92 Å². The van der Waals surface area contributed by atoms with Gasteiger partial charge in [-0.3, -0.25) is 9.59 Å². The van der Waals surface area contributed by atoms with Crippen LogP contribution >= 0.6 is 27.5 Å². The summed E-state index contributed by atoms with van der Waals surface area (Å²) in [4.78, 5) is 25.8. The largest absolute Gasteiger partial charge is 0.481 e. The molecule has 0 aliphatic carbocycles. The Morgan fingerprint density at radius 2 is 2.25 bits per heavy atom. The lowest BCUT2D eigenvalue weighted by Gasteiger charge is -2.09. The number of hydrogen-bond donors (Lipinski definition) is 2. The summed E-state index contributed by atoms with van der Waals surface area (Å²) in [5.74, 6) is -2.99. The van der Waals surface area contributed by atoms with E-state index in [0.29, 0.717) is 4.47 Å². The van der Waals surface area contributed by atoms with Gasteiger partial charge in [-0.25, -0.2) is 4.98 Å². The molecular formula is C9H8BrClN2O3. The molecule has 0 fully saturated rings. The molecule has 0 spiro atoms. The molecule has 1 aromatic rings. The van der Waals surface area contributed by atoms with Gasteiger partial charge < -0.3 is 10.4 Å². The van der Waals surface area contributed by atoms with Gasteiger partial charge in [0, 0.05) is 10.7 Å². The van der Waals surface area contributed by atoms with Crippen LogP contribution in [0.25, 0.3) is 0 Å². The lowest BCUT2D eigenvalue weighted by molar-refractivity contribution is -0.144. The van der Waals surface area contributed by atoms with E-state index in [9.17, 15) is 9.59 Å². The fourth-order valence-electron chi connectivity index (χ4n) is 0.863. The van der Waals surface area contributed by atoms with Crippen LogP contribution in [0.2, 0.25) is 5.15 Å². The molecule has 1 heterocycles. The highest BCUT2D eigenvalue weighted by Crippen LogP contribution is 2.23. The van der Waals surface area contributed by atoms with Crippen LogP contribution in [0.4, 0.5) is 5.69 Å². The Labute approximate surface area is 105 Å². The van der Waals surface area contributed by atoms with Crippen molar-refractivity contribution >= 4 is 45.1 Å². The minimum Gasteiger partial charge on any atom is -0.481 e. The van der Waals surface area contributed by atoms with E-state index in [2.05, 4.69) is 26.2 Å². The predicted octanol–water partition coefficient (Wildman–Crippen LogP) is 2.16. The van der Waals surface area contributed by atoms with Crippen molar-refractivity contribution in [3.8, 4) is 0 Å². The van der Waals surface area contributed by atoms with Gasteiger partial charge in [0.05, 0.1) is 5.69 Å². The van der Waals surface area contributed by atoms with Crippen molar-refractivity contribution in [1.29, 1.82) is 0 Å². The molecule has 0 radical (unpaired) electrons. The van der Waals surface area contributed by atoms with Crippen LogP contribution in [0.3, 0.4) is 0 Å². The quantitative estimate of drug-likeness (QED) is 0.662. The van der Waals surface area contributed by atoms with Gasteiger partial charge in [0.1, 0.15) is 5.92 Å². The average molecular weight is 308 g/mol. The monoisotopic (exact) mass is 306 g/mol. The first-order chi connectivity index (χ1) is 7.41. The number of anilines is 1. The number of aliphatic carboxylic acids is 1. The third-order valence-electron chi connectivity index (χ3n) is 1.83. The fourth-order valence-corrected chi connectivity index (χ4v) is 1.35. The Morgan fingerprint density at radius 3 is 2.81 bits per heavy atom. The lowest BCUT2D eigenvalue weighted by atomic mass is 10.1. The second-order valence-corrected chi connectivity index (χ2v) is 4.31. The standard InChI is InChI=1S/C9H8BrClN2O3/c1-4(9(15)16)8(14)13-6-2-5(10)3-12-7(6)11/h2-4H,1H3,(H,13,14)(H,15,16). The number of rotatable bonds is 3. The van der Waals surface area contributed by atoms with Crippen molar-refractivity contribution in [2.75, 3.05) is 5.32 Å². The SMILES string of the molecule is CC(C(=O)O)C(=O)Nc1cc(Br)cnc1Cl. The maximum atomic E-state index is 11.4. The number of halogens is 2. The molecule has 1 atom stereocenters. The van der Waals surface area contributed by atoms with Gasteiger partial charge in [0.15, 0.2) is 5.15 Å². The second-order valence-electron chi connectivity index (χ2n) is 3.04. The van der Waals surface area contributed by atoms with Crippen LogP contribution in [0.1, 0.15) is 6.92 Å². The van der Waals surface area contributed by atoms with Gasteiger partial charge >= 0.3 is 5.97 Å². The highest BCUT2D eigenvalue weighted by atomic mass is 79.9. The van der Waals surface area contributed by atoms with E-state index in [4.69, 9.17) is 16.7 Å². The molecule has 1 unspecified atom stereocenters. The molecule has 1 rings (SSSR count). The lowest BCUT2D eigenvalue weighted by Crippen LogP contribution is -2.27. The van der Waals surface area contributed by atoms with Crippen LogP contribution < -0.4 is 5.32 Å². The molecule has 5 nitrogen and oxygen atoms in total. The zero-order valence-corrected chi connectivity index (χ0v) is 10.5. The number of nitrogens with one attached hydrogen (secondary N) is 1. The van der Waals surface area contributed by atoms with E-state index in [1.807, 2.05) is 0 Å². The topological polar surface area (TPSA) is 79.3 Å². The molecule has 86 valence electrons. The van der Waals surface area contributed by atoms with Crippen molar-refractivity contribution in [3.63, 3.8) is 0 Å². The molecule has 0 aliphatic heterocycles. The fraction of sp³-hybridized carbons (Fsp3) is 0.222. The number of carbonyl (C=O) groups excluding carboxylic acids is 1. The Morgan fingerprint density at radius 1 is 1.62 bits per heavy atom. The molecular weight excluding hydrogens is 299 g/mol. The average Bonchev–Trinajstić information content (AvgIpc) is 2.22. The molecule has 0 aliphatic rings. The van der Waals surface area contributed by atoms with Gasteiger partial charge in [-0.1, -0.05) is 11.6 Å².